The van der Waals surface area contributed by atoms with Crippen molar-refractivity contribution >= 4 is 5.91 Å². The summed E-state index contributed by atoms with van der Waals surface area (Å²) in [5.41, 5.74) is 4.51. The second-order valence-electron chi connectivity index (χ2n) is 6.81. The number of amides is 1. The molecule has 0 radical (unpaired) electrons. The molecular formula is C19H23N3O. The van der Waals surface area contributed by atoms with Crippen molar-refractivity contribution in [2.45, 2.75) is 51.0 Å². The summed E-state index contributed by atoms with van der Waals surface area (Å²) >= 11 is 0. The van der Waals surface area contributed by atoms with Crippen LogP contribution >= 0.6 is 0 Å². The van der Waals surface area contributed by atoms with E-state index in [9.17, 15) is 4.79 Å². The Balaban J connectivity index is 1.46. The third kappa shape index (κ3) is 2.90. The topological polar surface area (TPSA) is 49.0 Å². The standard InChI is InChI=1S/C19H23N3O/c23-19(22-11-10-18-17(13-22)12-20-21-18)16-8-6-15(7-9-16)14-4-2-1-3-5-14/h6-9,12,14H,1-5,10-11,13H2,(H,20,21). The second-order valence-corrected chi connectivity index (χ2v) is 6.81. The molecule has 0 saturated heterocycles. The molecule has 2 aliphatic rings. The van der Waals surface area contributed by atoms with Crippen LogP contribution in [0.25, 0.3) is 0 Å². The van der Waals surface area contributed by atoms with Gasteiger partial charge in [0.2, 0.25) is 0 Å². The highest BCUT2D eigenvalue weighted by Gasteiger charge is 2.23. The molecule has 1 amide bonds. The minimum Gasteiger partial charge on any atom is -0.334 e. The van der Waals surface area contributed by atoms with Crippen LogP contribution in [0.2, 0.25) is 0 Å². The van der Waals surface area contributed by atoms with Gasteiger partial charge in [-0.15, -0.1) is 0 Å². The van der Waals surface area contributed by atoms with Gasteiger partial charge in [-0.05, 0) is 36.5 Å². The fourth-order valence-corrected chi connectivity index (χ4v) is 3.91. The molecule has 1 fully saturated rings. The SMILES string of the molecule is O=C(c1ccc(C2CCCCC2)cc1)N1CCc2[nH]ncc2C1. The number of benzene rings is 1. The number of hydrogen-bond donors (Lipinski definition) is 1. The first-order valence-corrected chi connectivity index (χ1v) is 8.71. The van der Waals surface area contributed by atoms with E-state index >= 15 is 0 Å². The van der Waals surface area contributed by atoms with Gasteiger partial charge >= 0.3 is 0 Å². The van der Waals surface area contributed by atoms with Crippen LogP contribution in [0.15, 0.2) is 30.5 Å². The number of aromatic amines is 1. The Labute approximate surface area is 136 Å². The zero-order valence-electron chi connectivity index (χ0n) is 13.4. The normalized spacial score (nSPS) is 18.7. The molecule has 4 rings (SSSR count). The first-order valence-electron chi connectivity index (χ1n) is 8.71. The number of nitrogens with zero attached hydrogens (tertiary/aromatic N) is 2. The summed E-state index contributed by atoms with van der Waals surface area (Å²) < 4.78 is 0. The molecule has 1 saturated carbocycles. The highest BCUT2D eigenvalue weighted by molar-refractivity contribution is 5.94. The van der Waals surface area contributed by atoms with Crippen LogP contribution in [-0.4, -0.2) is 27.5 Å². The van der Waals surface area contributed by atoms with Crippen LogP contribution in [0.3, 0.4) is 0 Å². The fourth-order valence-electron chi connectivity index (χ4n) is 3.91. The molecule has 23 heavy (non-hydrogen) atoms. The van der Waals surface area contributed by atoms with Gasteiger partial charge in [-0.2, -0.15) is 5.10 Å². The predicted molar refractivity (Wildman–Crippen MR) is 89.3 cm³/mol. The molecule has 0 atom stereocenters. The van der Waals surface area contributed by atoms with Crippen LogP contribution in [0.4, 0.5) is 0 Å². The van der Waals surface area contributed by atoms with Gasteiger partial charge in [-0.25, -0.2) is 0 Å². The molecule has 2 aromatic rings. The summed E-state index contributed by atoms with van der Waals surface area (Å²) in [5.74, 6) is 0.823. The predicted octanol–water partition coefficient (Wildman–Crippen LogP) is 3.66. The summed E-state index contributed by atoms with van der Waals surface area (Å²) in [6.07, 6.45) is 9.34. The molecule has 1 aliphatic carbocycles. The van der Waals surface area contributed by atoms with E-state index in [2.05, 4.69) is 22.3 Å². The van der Waals surface area contributed by atoms with E-state index < -0.39 is 0 Å². The number of rotatable bonds is 2. The lowest BCUT2D eigenvalue weighted by Gasteiger charge is -2.27. The molecule has 1 aliphatic heterocycles. The van der Waals surface area contributed by atoms with Gasteiger partial charge in [0.15, 0.2) is 0 Å². The Morgan fingerprint density at radius 1 is 1.13 bits per heavy atom. The number of hydrogen-bond acceptors (Lipinski definition) is 2. The van der Waals surface area contributed by atoms with Crippen molar-refractivity contribution in [3.63, 3.8) is 0 Å². The molecule has 0 bridgehead atoms. The van der Waals surface area contributed by atoms with E-state index in [0.29, 0.717) is 12.5 Å². The maximum atomic E-state index is 12.7. The molecule has 4 heteroatoms. The van der Waals surface area contributed by atoms with Gasteiger partial charge in [0.1, 0.15) is 0 Å². The lowest BCUT2D eigenvalue weighted by atomic mass is 9.84. The van der Waals surface area contributed by atoms with Gasteiger partial charge in [0.25, 0.3) is 5.91 Å². The van der Waals surface area contributed by atoms with E-state index in [0.717, 1.165) is 24.1 Å². The van der Waals surface area contributed by atoms with Gasteiger partial charge in [-0.1, -0.05) is 31.4 Å². The average Bonchev–Trinajstić information content (AvgIpc) is 3.10. The zero-order chi connectivity index (χ0) is 15.6. The number of H-pyrrole nitrogens is 1. The van der Waals surface area contributed by atoms with Crippen LogP contribution in [0, 0.1) is 0 Å². The second kappa shape index (κ2) is 6.19. The largest absolute Gasteiger partial charge is 0.334 e. The van der Waals surface area contributed by atoms with Crippen LogP contribution < -0.4 is 0 Å². The summed E-state index contributed by atoms with van der Waals surface area (Å²) in [5, 5.41) is 7.08. The van der Waals surface area contributed by atoms with E-state index in [-0.39, 0.29) is 5.91 Å². The molecule has 1 aromatic heterocycles. The molecule has 2 heterocycles. The molecule has 120 valence electrons. The Kier molecular flexibility index (Phi) is 3.90. The Morgan fingerprint density at radius 3 is 2.70 bits per heavy atom. The molecule has 1 N–H and O–H groups in total. The lowest BCUT2D eigenvalue weighted by molar-refractivity contribution is 0.0734. The molecule has 0 unspecified atom stereocenters. The Bertz CT molecular complexity index is 683. The highest BCUT2D eigenvalue weighted by atomic mass is 16.2. The van der Waals surface area contributed by atoms with Gasteiger partial charge in [0, 0.05) is 36.3 Å². The van der Waals surface area contributed by atoms with Crippen molar-refractivity contribution < 1.29 is 4.79 Å². The Hall–Kier alpha value is -2.10. The van der Waals surface area contributed by atoms with Crippen molar-refractivity contribution in [2.75, 3.05) is 6.54 Å². The van der Waals surface area contributed by atoms with Crippen molar-refractivity contribution in [3.8, 4) is 0 Å². The van der Waals surface area contributed by atoms with Crippen molar-refractivity contribution in [1.82, 2.24) is 15.1 Å². The van der Waals surface area contributed by atoms with Crippen LogP contribution in [-0.2, 0) is 13.0 Å². The number of aromatic nitrogens is 2. The summed E-state index contributed by atoms with van der Waals surface area (Å²) in [6.45, 7) is 1.42. The summed E-state index contributed by atoms with van der Waals surface area (Å²) in [6, 6.07) is 8.35. The van der Waals surface area contributed by atoms with E-state index in [4.69, 9.17) is 0 Å². The molecule has 4 nitrogen and oxygen atoms in total. The summed E-state index contributed by atoms with van der Waals surface area (Å²) in [7, 11) is 0. The van der Waals surface area contributed by atoms with E-state index in [1.807, 2.05) is 23.2 Å². The van der Waals surface area contributed by atoms with E-state index in [1.54, 1.807) is 0 Å². The minimum absolute atomic E-state index is 0.132. The van der Waals surface area contributed by atoms with Crippen molar-refractivity contribution in [2.24, 2.45) is 0 Å². The van der Waals surface area contributed by atoms with Gasteiger partial charge in [0.05, 0.1) is 6.20 Å². The first kappa shape index (κ1) is 14.5. The Morgan fingerprint density at radius 2 is 1.91 bits per heavy atom. The quantitative estimate of drug-likeness (QED) is 0.920. The van der Waals surface area contributed by atoms with Gasteiger partial charge < -0.3 is 4.90 Å². The van der Waals surface area contributed by atoms with Crippen LogP contribution in [0.5, 0.6) is 0 Å². The number of fused-ring (bicyclic) bond motifs is 1. The minimum atomic E-state index is 0.132. The van der Waals surface area contributed by atoms with Crippen LogP contribution in [0.1, 0.15) is 65.2 Å². The number of carbonyl (C=O) groups is 1. The number of carbonyl (C=O) groups excluding carboxylic acids is 1. The monoisotopic (exact) mass is 309 g/mol. The maximum absolute atomic E-state index is 12.7. The molecule has 0 spiro atoms. The maximum Gasteiger partial charge on any atom is 0.254 e. The zero-order valence-corrected chi connectivity index (χ0v) is 13.4. The van der Waals surface area contributed by atoms with Gasteiger partial charge in [-0.3, -0.25) is 9.89 Å². The summed E-state index contributed by atoms with van der Waals surface area (Å²) in [4.78, 5) is 14.6. The lowest BCUT2D eigenvalue weighted by Crippen LogP contribution is -2.35. The highest BCUT2D eigenvalue weighted by Crippen LogP contribution is 2.32. The number of nitrogens with one attached hydrogen (secondary N) is 1. The van der Waals surface area contributed by atoms with Crippen molar-refractivity contribution in [3.05, 3.63) is 52.8 Å². The van der Waals surface area contributed by atoms with E-state index in [1.165, 1.54) is 43.4 Å². The average molecular weight is 309 g/mol. The smallest absolute Gasteiger partial charge is 0.254 e. The van der Waals surface area contributed by atoms with Crippen molar-refractivity contribution in [1.29, 1.82) is 0 Å². The fraction of sp³-hybridized carbons (Fsp3) is 0.474. The third-order valence-corrected chi connectivity index (χ3v) is 5.32. The molecule has 1 aromatic carbocycles. The molecular weight excluding hydrogens is 286 g/mol. The third-order valence-electron chi connectivity index (χ3n) is 5.32. The first-order chi connectivity index (χ1) is 11.3.